The Morgan fingerprint density at radius 1 is 0.906 bits per heavy atom. The second-order valence-electron chi connectivity index (χ2n) is 9.12. The largest absolute Gasteiger partial charge is 0.249 e. The van der Waals surface area contributed by atoms with Gasteiger partial charge >= 0.3 is 0 Å². The summed E-state index contributed by atoms with van der Waals surface area (Å²) < 4.78 is 2.11. The van der Waals surface area contributed by atoms with Crippen molar-refractivity contribution in [2.75, 3.05) is 0 Å². The van der Waals surface area contributed by atoms with Crippen LogP contribution in [0, 0.1) is 11.8 Å². The fourth-order valence-corrected chi connectivity index (χ4v) is 3.77. The summed E-state index contributed by atoms with van der Waals surface area (Å²) >= 11 is 0. The van der Waals surface area contributed by atoms with Crippen LogP contribution in [0.25, 0.3) is 22.5 Å². The van der Waals surface area contributed by atoms with Gasteiger partial charge in [0.15, 0.2) is 11.6 Å². The Kier molecular flexibility index (Phi) is 6.73. The first-order valence-electron chi connectivity index (χ1n) is 11.3. The van der Waals surface area contributed by atoms with E-state index < -0.39 is 0 Å². The Labute approximate surface area is 189 Å². The standard InChI is InChI=1S/C25H31N7/c1-17(2)13-14-32-24(26-23(29-32)15-18(3)4)16-19-9-11-20(12-10-19)21-7-5-6-8-22(21)25-27-30-31-28-25/h5-12,17-18H,13-16H2,1-4H3,(H,27,28,30,31). The van der Waals surface area contributed by atoms with Gasteiger partial charge in [0.05, 0.1) is 0 Å². The molecule has 7 nitrogen and oxygen atoms in total. The highest BCUT2D eigenvalue weighted by molar-refractivity contribution is 5.80. The Hall–Kier alpha value is -3.35. The van der Waals surface area contributed by atoms with Gasteiger partial charge in [0.1, 0.15) is 5.82 Å². The van der Waals surface area contributed by atoms with Crippen LogP contribution >= 0.6 is 0 Å². The molecule has 7 heteroatoms. The molecule has 4 aromatic rings. The summed E-state index contributed by atoms with van der Waals surface area (Å²) in [5.74, 6) is 3.84. The van der Waals surface area contributed by atoms with Crippen LogP contribution in [0.4, 0.5) is 0 Å². The molecule has 2 aromatic carbocycles. The van der Waals surface area contributed by atoms with Crippen molar-refractivity contribution >= 4 is 0 Å². The van der Waals surface area contributed by atoms with Gasteiger partial charge in [-0.3, -0.25) is 0 Å². The fraction of sp³-hybridized carbons (Fsp3) is 0.400. The van der Waals surface area contributed by atoms with Crippen molar-refractivity contribution in [2.45, 2.75) is 53.5 Å². The van der Waals surface area contributed by atoms with E-state index in [1.165, 1.54) is 5.56 Å². The third-order valence-electron chi connectivity index (χ3n) is 5.46. The van der Waals surface area contributed by atoms with Crippen molar-refractivity contribution in [3.8, 4) is 22.5 Å². The molecule has 2 heterocycles. The third kappa shape index (κ3) is 5.28. The molecular weight excluding hydrogens is 398 g/mol. The van der Waals surface area contributed by atoms with Crippen molar-refractivity contribution < 1.29 is 0 Å². The number of hydrogen-bond acceptors (Lipinski definition) is 5. The lowest BCUT2D eigenvalue weighted by molar-refractivity contribution is 0.472. The lowest BCUT2D eigenvalue weighted by Gasteiger charge is -2.10. The molecule has 1 N–H and O–H groups in total. The molecule has 4 rings (SSSR count). The molecule has 0 aliphatic carbocycles. The van der Waals surface area contributed by atoms with Gasteiger partial charge in [-0.05, 0) is 45.4 Å². The van der Waals surface area contributed by atoms with Gasteiger partial charge in [-0.1, -0.05) is 76.2 Å². The van der Waals surface area contributed by atoms with Crippen LogP contribution in [0.5, 0.6) is 0 Å². The smallest absolute Gasteiger partial charge is 0.180 e. The number of aromatic amines is 1. The predicted octanol–water partition coefficient (Wildman–Crippen LogP) is 4.96. The van der Waals surface area contributed by atoms with Crippen molar-refractivity contribution in [1.29, 1.82) is 0 Å². The highest BCUT2D eigenvalue weighted by Gasteiger charge is 2.14. The number of aryl methyl sites for hydroxylation is 1. The molecule has 0 unspecified atom stereocenters. The number of nitrogens with zero attached hydrogens (tertiary/aromatic N) is 6. The normalized spacial score (nSPS) is 11.6. The lowest BCUT2D eigenvalue weighted by atomic mass is 9.98. The number of rotatable bonds is 9. The Bertz CT molecular complexity index is 1130. The molecule has 0 bridgehead atoms. The minimum atomic E-state index is 0.544. The zero-order valence-electron chi connectivity index (χ0n) is 19.3. The number of hydrogen-bond donors (Lipinski definition) is 1. The van der Waals surface area contributed by atoms with Gasteiger partial charge in [-0.25, -0.2) is 14.8 Å². The molecule has 32 heavy (non-hydrogen) atoms. The van der Waals surface area contributed by atoms with Crippen LogP contribution in [0.3, 0.4) is 0 Å². The Morgan fingerprint density at radius 2 is 1.66 bits per heavy atom. The van der Waals surface area contributed by atoms with E-state index in [0.29, 0.717) is 17.7 Å². The summed E-state index contributed by atoms with van der Waals surface area (Å²) in [4.78, 5) is 4.88. The van der Waals surface area contributed by atoms with Crippen LogP contribution in [-0.4, -0.2) is 35.4 Å². The highest BCUT2D eigenvalue weighted by Crippen LogP contribution is 2.30. The van der Waals surface area contributed by atoms with E-state index in [9.17, 15) is 0 Å². The SMILES string of the molecule is CC(C)CCn1nc(CC(C)C)nc1Cc1ccc(-c2ccccc2-c2nnn[nH]2)cc1. The molecule has 0 saturated heterocycles. The molecule has 0 fully saturated rings. The van der Waals surface area contributed by atoms with Crippen molar-refractivity contribution in [3.05, 3.63) is 65.7 Å². The molecular formula is C25H31N7. The van der Waals surface area contributed by atoms with E-state index in [1.54, 1.807) is 0 Å². The van der Waals surface area contributed by atoms with Crippen LogP contribution < -0.4 is 0 Å². The molecule has 2 aromatic heterocycles. The molecule has 0 aliphatic rings. The van der Waals surface area contributed by atoms with Gasteiger partial charge in [0.2, 0.25) is 0 Å². The maximum atomic E-state index is 4.88. The summed E-state index contributed by atoms with van der Waals surface area (Å²) in [6.45, 7) is 9.82. The average molecular weight is 430 g/mol. The number of tetrazole rings is 1. The minimum Gasteiger partial charge on any atom is -0.249 e. The van der Waals surface area contributed by atoms with E-state index in [1.807, 2.05) is 18.2 Å². The van der Waals surface area contributed by atoms with Gasteiger partial charge in [0.25, 0.3) is 0 Å². The second-order valence-corrected chi connectivity index (χ2v) is 9.12. The molecule has 166 valence electrons. The lowest BCUT2D eigenvalue weighted by Crippen LogP contribution is -2.08. The highest BCUT2D eigenvalue weighted by atomic mass is 15.5. The predicted molar refractivity (Wildman–Crippen MR) is 126 cm³/mol. The molecule has 0 radical (unpaired) electrons. The van der Waals surface area contributed by atoms with E-state index in [0.717, 1.165) is 54.1 Å². The minimum absolute atomic E-state index is 0.544. The maximum Gasteiger partial charge on any atom is 0.180 e. The quantitative estimate of drug-likeness (QED) is 0.406. The monoisotopic (exact) mass is 429 g/mol. The maximum absolute atomic E-state index is 4.88. The third-order valence-corrected chi connectivity index (χ3v) is 5.46. The topological polar surface area (TPSA) is 85.2 Å². The number of benzene rings is 2. The molecule has 0 saturated carbocycles. The second kappa shape index (κ2) is 9.85. The summed E-state index contributed by atoms with van der Waals surface area (Å²) in [5.41, 5.74) is 4.43. The van der Waals surface area contributed by atoms with Gasteiger partial charge in [-0.2, -0.15) is 5.10 Å². The zero-order valence-corrected chi connectivity index (χ0v) is 19.3. The van der Waals surface area contributed by atoms with Crippen molar-refractivity contribution in [2.24, 2.45) is 11.8 Å². The Balaban J connectivity index is 1.56. The first kappa shape index (κ1) is 21.9. The van der Waals surface area contributed by atoms with Crippen LogP contribution in [-0.2, 0) is 19.4 Å². The van der Waals surface area contributed by atoms with Crippen molar-refractivity contribution in [1.82, 2.24) is 35.4 Å². The number of aromatic nitrogens is 7. The summed E-state index contributed by atoms with van der Waals surface area (Å²) in [5, 5.41) is 19.2. The molecule has 0 spiro atoms. The van der Waals surface area contributed by atoms with Crippen LogP contribution in [0.1, 0.15) is 51.3 Å². The number of nitrogens with one attached hydrogen (secondary N) is 1. The number of H-pyrrole nitrogens is 1. The first-order chi connectivity index (χ1) is 15.5. The summed E-state index contributed by atoms with van der Waals surface area (Å²) in [6.07, 6.45) is 2.79. The average Bonchev–Trinajstić information content (AvgIpc) is 3.43. The molecule has 0 aliphatic heterocycles. The fourth-order valence-electron chi connectivity index (χ4n) is 3.77. The first-order valence-corrected chi connectivity index (χ1v) is 11.3. The van der Waals surface area contributed by atoms with E-state index in [-0.39, 0.29) is 0 Å². The molecule has 0 amide bonds. The summed E-state index contributed by atoms with van der Waals surface area (Å²) in [7, 11) is 0. The van der Waals surface area contributed by atoms with Gasteiger partial charge < -0.3 is 0 Å². The van der Waals surface area contributed by atoms with Gasteiger partial charge in [-0.15, -0.1) is 5.10 Å². The van der Waals surface area contributed by atoms with Crippen LogP contribution in [0.15, 0.2) is 48.5 Å². The Morgan fingerprint density at radius 3 is 2.31 bits per heavy atom. The van der Waals surface area contributed by atoms with E-state index >= 15 is 0 Å². The van der Waals surface area contributed by atoms with E-state index in [4.69, 9.17) is 10.1 Å². The summed E-state index contributed by atoms with van der Waals surface area (Å²) in [6, 6.07) is 16.8. The van der Waals surface area contributed by atoms with Crippen molar-refractivity contribution in [3.63, 3.8) is 0 Å². The van der Waals surface area contributed by atoms with Crippen LogP contribution in [0.2, 0.25) is 0 Å². The molecule has 0 atom stereocenters. The van der Waals surface area contributed by atoms with E-state index in [2.05, 4.69) is 83.3 Å². The zero-order chi connectivity index (χ0) is 22.5. The van der Waals surface area contributed by atoms with Gasteiger partial charge in [0, 0.05) is 24.9 Å².